The van der Waals surface area contributed by atoms with Gasteiger partial charge in [-0.15, -0.1) is 0 Å². The lowest BCUT2D eigenvalue weighted by molar-refractivity contribution is -0.141. The van der Waals surface area contributed by atoms with Gasteiger partial charge in [0.1, 0.15) is 0 Å². The number of amides is 1. The number of rotatable bonds is 9. The summed E-state index contributed by atoms with van der Waals surface area (Å²) in [4.78, 5) is 26.9. The maximum absolute atomic E-state index is 11.8. The number of methoxy groups -OCH3 is 1. The van der Waals surface area contributed by atoms with Crippen LogP contribution in [0.1, 0.15) is 33.6 Å². The van der Waals surface area contributed by atoms with Gasteiger partial charge in [-0.05, 0) is 13.1 Å². The van der Waals surface area contributed by atoms with Gasteiger partial charge in [0.15, 0.2) is 0 Å². The Hall–Kier alpha value is -1.10. The van der Waals surface area contributed by atoms with E-state index in [1.165, 1.54) is 7.11 Å². The lowest BCUT2D eigenvalue weighted by Crippen LogP contribution is -2.39. The van der Waals surface area contributed by atoms with Crippen LogP contribution in [0.25, 0.3) is 0 Å². The molecule has 0 aromatic rings. The van der Waals surface area contributed by atoms with E-state index in [9.17, 15) is 9.59 Å². The summed E-state index contributed by atoms with van der Waals surface area (Å²) in [7, 11) is 1.37. The minimum Gasteiger partial charge on any atom is -0.469 e. The molecule has 0 N–H and O–H groups in total. The number of nitrogens with zero attached hydrogens (tertiary/aromatic N) is 2. The first-order chi connectivity index (χ1) is 8.58. The SMILES string of the molecule is CCC(=O)N(CCC(=O)OC)CCN(CC)CC. The first-order valence-corrected chi connectivity index (χ1v) is 6.65. The molecular formula is C13H26N2O3. The molecule has 5 nitrogen and oxygen atoms in total. The maximum Gasteiger partial charge on any atom is 0.307 e. The Bertz CT molecular complexity index is 253. The van der Waals surface area contributed by atoms with Crippen LogP contribution in [0.3, 0.4) is 0 Å². The predicted molar refractivity (Wildman–Crippen MR) is 71.3 cm³/mol. The molecule has 0 aliphatic rings. The van der Waals surface area contributed by atoms with E-state index in [1.54, 1.807) is 4.90 Å². The zero-order chi connectivity index (χ0) is 14.0. The van der Waals surface area contributed by atoms with Gasteiger partial charge in [0.2, 0.25) is 5.91 Å². The minimum atomic E-state index is -0.272. The van der Waals surface area contributed by atoms with Gasteiger partial charge in [-0.25, -0.2) is 0 Å². The highest BCUT2D eigenvalue weighted by atomic mass is 16.5. The molecule has 0 saturated carbocycles. The number of hydrogen-bond acceptors (Lipinski definition) is 4. The van der Waals surface area contributed by atoms with Crippen LogP contribution in [-0.2, 0) is 14.3 Å². The van der Waals surface area contributed by atoms with Crippen molar-refractivity contribution in [3.63, 3.8) is 0 Å². The Kier molecular flexibility index (Phi) is 9.28. The van der Waals surface area contributed by atoms with E-state index >= 15 is 0 Å². The van der Waals surface area contributed by atoms with E-state index in [-0.39, 0.29) is 18.3 Å². The molecule has 0 bridgehead atoms. The number of carbonyl (C=O) groups is 2. The maximum atomic E-state index is 11.8. The summed E-state index contributed by atoms with van der Waals surface area (Å²) in [5.41, 5.74) is 0. The quantitative estimate of drug-likeness (QED) is 0.582. The molecule has 0 atom stereocenters. The number of esters is 1. The zero-order valence-corrected chi connectivity index (χ0v) is 12.1. The van der Waals surface area contributed by atoms with Crippen molar-refractivity contribution in [3.05, 3.63) is 0 Å². The van der Waals surface area contributed by atoms with E-state index in [2.05, 4.69) is 23.5 Å². The summed E-state index contributed by atoms with van der Waals surface area (Å²) in [5, 5.41) is 0. The molecule has 0 aromatic carbocycles. The van der Waals surface area contributed by atoms with Crippen molar-refractivity contribution < 1.29 is 14.3 Å². The van der Waals surface area contributed by atoms with Crippen molar-refractivity contribution >= 4 is 11.9 Å². The van der Waals surface area contributed by atoms with Crippen molar-refractivity contribution in [1.29, 1.82) is 0 Å². The summed E-state index contributed by atoms with van der Waals surface area (Å²) in [6.07, 6.45) is 0.736. The summed E-state index contributed by atoms with van der Waals surface area (Å²) in [5.74, 6) is -0.183. The third-order valence-electron chi connectivity index (χ3n) is 3.05. The van der Waals surface area contributed by atoms with Gasteiger partial charge in [0.25, 0.3) is 0 Å². The van der Waals surface area contributed by atoms with Crippen molar-refractivity contribution in [3.8, 4) is 0 Å². The Morgan fingerprint density at radius 1 is 1.00 bits per heavy atom. The Labute approximate surface area is 110 Å². The van der Waals surface area contributed by atoms with E-state index in [1.807, 2.05) is 6.92 Å². The number of hydrogen-bond donors (Lipinski definition) is 0. The fourth-order valence-corrected chi connectivity index (χ4v) is 1.72. The minimum absolute atomic E-state index is 0.0889. The van der Waals surface area contributed by atoms with Crippen LogP contribution < -0.4 is 0 Å². The van der Waals surface area contributed by atoms with Crippen LogP contribution in [0.15, 0.2) is 0 Å². The fraction of sp³-hybridized carbons (Fsp3) is 0.846. The Morgan fingerprint density at radius 2 is 1.61 bits per heavy atom. The third-order valence-corrected chi connectivity index (χ3v) is 3.05. The molecule has 0 rings (SSSR count). The van der Waals surface area contributed by atoms with Crippen LogP contribution in [0.2, 0.25) is 0 Å². The summed E-state index contributed by atoms with van der Waals surface area (Å²) >= 11 is 0. The lowest BCUT2D eigenvalue weighted by atomic mass is 10.3. The fourth-order valence-electron chi connectivity index (χ4n) is 1.72. The molecule has 1 amide bonds. The van der Waals surface area contributed by atoms with Crippen molar-refractivity contribution in [1.82, 2.24) is 9.80 Å². The van der Waals surface area contributed by atoms with Gasteiger partial charge in [-0.2, -0.15) is 0 Å². The van der Waals surface area contributed by atoms with Crippen LogP contribution in [-0.4, -0.2) is 61.5 Å². The van der Waals surface area contributed by atoms with Gasteiger partial charge >= 0.3 is 5.97 Å². The standard InChI is InChI=1S/C13H26N2O3/c1-5-12(16)15(9-8-13(17)18-4)11-10-14(6-2)7-3/h5-11H2,1-4H3. The molecule has 0 spiro atoms. The average molecular weight is 258 g/mol. The highest BCUT2D eigenvalue weighted by Gasteiger charge is 2.14. The van der Waals surface area contributed by atoms with Crippen LogP contribution in [0, 0.1) is 0 Å². The molecular weight excluding hydrogens is 232 g/mol. The average Bonchev–Trinajstić information content (AvgIpc) is 2.41. The van der Waals surface area contributed by atoms with Gasteiger partial charge < -0.3 is 14.5 Å². The monoisotopic (exact) mass is 258 g/mol. The summed E-state index contributed by atoms with van der Waals surface area (Å²) in [6, 6.07) is 0. The molecule has 0 unspecified atom stereocenters. The molecule has 0 aliphatic heterocycles. The zero-order valence-electron chi connectivity index (χ0n) is 12.1. The van der Waals surface area contributed by atoms with Gasteiger partial charge in [-0.3, -0.25) is 9.59 Å². The molecule has 0 aliphatic carbocycles. The molecule has 0 fully saturated rings. The second-order valence-electron chi connectivity index (χ2n) is 4.09. The first kappa shape index (κ1) is 16.9. The van der Waals surface area contributed by atoms with Crippen molar-refractivity contribution in [2.45, 2.75) is 33.6 Å². The topological polar surface area (TPSA) is 49.9 Å². The van der Waals surface area contributed by atoms with Crippen LogP contribution in [0.5, 0.6) is 0 Å². The van der Waals surface area contributed by atoms with E-state index < -0.39 is 0 Å². The highest BCUT2D eigenvalue weighted by Crippen LogP contribution is 1.99. The van der Waals surface area contributed by atoms with Crippen LogP contribution >= 0.6 is 0 Å². The predicted octanol–water partition coefficient (Wildman–Crippen LogP) is 1.13. The first-order valence-electron chi connectivity index (χ1n) is 6.65. The smallest absolute Gasteiger partial charge is 0.307 e. The molecule has 18 heavy (non-hydrogen) atoms. The molecule has 0 radical (unpaired) electrons. The second-order valence-corrected chi connectivity index (χ2v) is 4.09. The summed E-state index contributed by atoms with van der Waals surface area (Å²) in [6.45, 7) is 9.95. The normalized spacial score (nSPS) is 10.5. The van der Waals surface area contributed by atoms with Gasteiger partial charge in [0, 0.05) is 26.1 Å². The number of carbonyl (C=O) groups excluding carboxylic acids is 2. The molecule has 0 aromatic heterocycles. The van der Waals surface area contributed by atoms with E-state index in [4.69, 9.17) is 0 Å². The number of likely N-dealkylation sites (N-methyl/N-ethyl adjacent to an activating group) is 1. The van der Waals surface area contributed by atoms with E-state index in [0.29, 0.717) is 19.5 Å². The Balaban J connectivity index is 4.23. The summed E-state index contributed by atoms with van der Waals surface area (Å²) < 4.78 is 4.59. The molecule has 0 heterocycles. The molecule has 0 saturated heterocycles. The van der Waals surface area contributed by atoms with Crippen LogP contribution in [0.4, 0.5) is 0 Å². The van der Waals surface area contributed by atoms with E-state index in [0.717, 1.165) is 19.6 Å². The highest BCUT2D eigenvalue weighted by molar-refractivity contribution is 5.77. The second kappa shape index (κ2) is 9.88. The Morgan fingerprint density at radius 3 is 2.06 bits per heavy atom. The molecule has 106 valence electrons. The molecule has 5 heteroatoms. The number of ether oxygens (including phenoxy) is 1. The van der Waals surface area contributed by atoms with Gasteiger partial charge in [-0.1, -0.05) is 20.8 Å². The van der Waals surface area contributed by atoms with Crippen molar-refractivity contribution in [2.24, 2.45) is 0 Å². The third kappa shape index (κ3) is 6.59. The van der Waals surface area contributed by atoms with Crippen molar-refractivity contribution in [2.75, 3.05) is 39.8 Å². The lowest BCUT2D eigenvalue weighted by Gasteiger charge is -2.26. The van der Waals surface area contributed by atoms with Gasteiger partial charge in [0.05, 0.1) is 13.5 Å². The largest absolute Gasteiger partial charge is 0.469 e.